The van der Waals surface area contributed by atoms with E-state index >= 15 is 0 Å². The van der Waals surface area contributed by atoms with Gasteiger partial charge in [0.25, 0.3) is 0 Å². The molecule has 0 aliphatic heterocycles. The number of aryl methyl sites for hydroxylation is 2. The first-order valence-electron chi connectivity index (χ1n) is 8.27. The van der Waals surface area contributed by atoms with Gasteiger partial charge in [-0.1, -0.05) is 24.6 Å². The van der Waals surface area contributed by atoms with E-state index in [0.717, 1.165) is 35.3 Å². The average Bonchev–Trinajstić information content (AvgIpc) is 2.98. The van der Waals surface area contributed by atoms with Crippen molar-refractivity contribution in [2.75, 3.05) is 5.32 Å². The molecule has 3 aromatic rings. The van der Waals surface area contributed by atoms with Crippen molar-refractivity contribution in [1.82, 2.24) is 9.97 Å². The lowest BCUT2D eigenvalue weighted by Gasteiger charge is -2.06. The molecule has 25 heavy (non-hydrogen) atoms. The van der Waals surface area contributed by atoms with E-state index in [1.165, 1.54) is 18.2 Å². The Balaban J connectivity index is 1.61. The zero-order chi connectivity index (χ0) is 17.8. The molecule has 0 aliphatic rings. The monoisotopic (exact) mass is 359 g/mol. The van der Waals surface area contributed by atoms with E-state index in [1.54, 1.807) is 0 Å². The van der Waals surface area contributed by atoms with Gasteiger partial charge < -0.3 is 10.3 Å². The molecule has 0 radical (unpaired) electrons. The largest absolute Gasteiger partial charge is 0.342 e. The summed E-state index contributed by atoms with van der Waals surface area (Å²) in [6, 6.07) is 10.1. The predicted octanol–water partition coefficient (Wildman–Crippen LogP) is 4.88. The van der Waals surface area contributed by atoms with Crippen LogP contribution >= 0.6 is 11.6 Å². The van der Waals surface area contributed by atoms with Gasteiger partial charge >= 0.3 is 0 Å². The molecule has 4 nitrogen and oxygen atoms in total. The summed E-state index contributed by atoms with van der Waals surface area (Å²) >= 11 is 5.71. The zero-order valence-electron chi connectivity index (χ0n) is 13.9. The minimum absolute atomic E-state index is 0.00891. The minimum Gasteiger partial charge on any atom is -0.342 e. The summed E-state index contributed by atoms with van der Waals surface area (Å²) in [5.41, 5.74) is 3.49. The number of hydrogen-bond donors (Lipinski definition) is 2. The molecule has 0 fully saturated rings. The molecule has 130 valence electrons. The summed E-state index contributed by atoms with van der Waals surface area (Å²) < 4.78 is 13.1. The Morgan fingerprint density at radius 1 is 1.24 bits per heavy atom. The molecule has 0 bridgehead atoms. The van der Waals surface area contributed by atoms with Crippen LogP contribution in [0.2, 0.25) is 5.02 Å². The van der Waals surface area contributed by atoms with Gasteiger partial charge in [-0.15, -0.1) is 0 Å². The molecular formula is C19H19ClFN3O. The maximum Gasteiger partial charge on any atom is 0.224 e. The van der Waals surface area contributed by atoms with Crippen molar-refractivity contribution in [2.45, 2.75) is 32.6 Å². The van der Waals surface area contributed by atoms with E-state index in [4.69, 9.17) is 11.6 Å². The van der Waals surface area contributed by atoms with Gasteiger partial charge in [0.1, 0.15) is 11.6 Å². The Kier molecular flexibility index (Phi) is 5.34. The summed E-state index contributed by atoms with van der Waals surface area (Å²) in [5, 5.41) is 2.72. The Hall–Kier alpha value is -2.40. The molecule has 0 saturated carbocycles. The second kappa shape index (κ2) is 7.66. The Labute approximate surface area is 150 Å². The van der Waals surface area contributed by atoms with Crippen molar-refractivity contribution < 1.29 is 9.18 Å². The highest BCUT2D eigenvalue weighted by Gasteiger charge is 2.07. The standard InChI is InChI=1S/C19H19ClFN3O/c1-2-3-18-23-16-8-4-12(10-17(16)24-18)5-9-19(25)22-13-6-7-15(21)14(20)11-13/h4,6-8,10-11H,2-3,5,9H2,1H3,(H,22,25)(H,23,24). The molecule has 0 aliphatic carbocycles. The molecule has 6 heteroatoms. The van der Waals surface area contributed by atoms with Gasteiger partial charge in [-0.3, -0.25) is 4.79 Å². The number of halogens is 2. The fourth-order valence-electron chi connectivity index (χ4n) is 2.68. The van der Waals surface area contributed by atoms with Crippen LogP contribution in [0.1, 0.15) is 31.2 Å². The number of carbonyl (C=O) groups is 1. The molecule has 1 aromatic heterocycles. The number of hydrogen-bond acceptors (Lipinski definition) is 2. The third-order valence-corrected chi connectivity index (χ3v) is 4.22. The average molecular weight is 360 g/mol. The number of nitrogens with one attached hydrogen (secondary N) is 2. The third kappa shape index (κ3) is 4.37. The number of nitrogens with zero attached hydrogens (tertiary/aromatic N) is 1. The first kappa shape index (κ1) is 17.4. The summed E-state index contributed by atoms with van der Waals surface area (Å²) in [7, 11) is 0. The van der Waals surface area contributed by atoms with Crippen LogP contribution in [0.4, 0.5) is 10.1 Å². The van der Waals surface area contributed by atoms with Crippen molar-refractivity contribution >= 4 is 34.2 Å². The summed E-state index contributed by atoms with van der Waals surface area (Å²) in [5.74, 6) is 0.342. The number of carbonyl (C=O) groups excluding carboxylic acids is 1. The number of amides is 1. The molecule has 1 heterocycles. The van der Waals surface area contributed by atoms with Gasteiger partial charge in [-0.2, -0.15) is 0 Å². The zero-order valence-corrected chi connectivity index (χ0v) is 14.7. The van der Waals surface area contributed by atoms with Crippen LogP contribution in [0.25, 0.3) is 11.0 Å². The number of rotatable bonds is 6. The van der Waals surface area contributed by atoms with Crippen LogP contribution in [-0.2, 0) is 17.6 Å². The van der Waals surface area contributed by atoms with Gasteiger partial charge in [-0.25, -0.2) is 9.37 Å². The molecule has 0 atom stereocenters. The lowest BCUT2D eigenvalue weighted by atomic mass is 10.1. The van der Waals surface area contributed by atoms with E-state index in [1.807, 2.05) is 18.2 Å². The molecule has 2 aromatic carbocycles. The normalized spacial score (nSPS) is 11.0. The summed E-state index contributed by atoms with van der Waals surface area (Å²) in [6.07, 6.45) is 2.90. The number of imidazole rings is 1. The van der Waals surface area contributed by atoms with Crippen LogP contribution in [0.5, 0.6) is 0 Å². The molecule has 0 unspecified atom stereocenters. The Morgan fingerprint density at radius 3 is 2.84 bits per heavy atom. The van der Waals surface area contributed by atoms with E-state index in [2.05, 4.69) is 22.2 Å². The highest BCUT2D eigenvalue weighted by atomic mass is 35.5. The third-order valence-electron chi connectivity index (χ3n) is 3.93. The van der Waals surface area contributed by atoms with Crippen molar-refractivity contribution in [3.8, 4) is 0 Å². The molecule has 2 N–H and O–H groups in total. The molecular weight excluding hydrogens is 341 g/mol. The van der Waals surface area contributed by atoms with Gasteiger partial charge in [-0.05, 0) is 48.7 Å². The number of H-pyrrole nitrogens is 1. The van der Waals surface area contributed by atoms with Crippen molar-refractivity contribution in [3.05, 3.63) is 58.6 Å². The second-order valence-corrected chi connectivity index (χ2v) is 6.37. The van der Waals surface area contributed by atoms with E-state index in [9.17, 15) is 9.18 Å². The fourth-order valence-corrected chi connectivity index (χ4v) is 2.86. The Bertz CT molecular complexity index is 907. The maximum absolute atomic E-state index is 13.1. The highest BCUT2D eigenvalue weighted by Crippen LogP contribution is 2.20. The van der Waals surface area contributed by atoms with Crippen LogP contribution in [0, 0.1) is 5.82 Å². The van der Waals surface area contributed by atoms with Gasteiger partial charge in [0.15, 0.2) is 0 Å². The fraction of sp³-hybridized carbons (Fsp3) is 0.263. The van der Waals surface area contributed by atoms with Crippen LogP contribution in [0.15, 0.2) is 36.4 Å². The van der Waals surface area contributed by atoms with Gasteiger partial charge in [0.2, 0.25) is 5.91 Å². The number of aromatic amines is 1. The summed E-state index contributed by atoms with van der Waals surface area (Å²) in [6.45, 7) is 2.12. The first-order valence-corrected chi connectivity index (χ1v) is 8.65. The molecule has 0 saturated heterocycles. The van der Waals surface area contributed by atoms with Crippen LogP contribution in [-0.4, -0.2) is 15.9 Å². The SMILES string of the molecule is CCCc1nc2ccc(CCC(=O)Nc3ccc(F)c(Cl)c3)cc2[nH]1. The van der Waals surface area contributed by atoms with E-state index in [0.29, 0.717) is 18.5 Å². The lowest BCUT2D eigenvalue weighted by Crippen LogP contribution is -2.12. The van der Waals surface area contributed by atoms with Crippen molar-refractivity contribution in [2.24, 2.45) is 0 Å². The smallest absolute Gasteiger partial charge is 0.224 e. The number of benzene rings is 2. The number of aromatic nitrogens is 2. The number of anilines is 1. The molecule has 3 rings (SSSR count). The predicted molar refractivity (Wildman–Crippen MR) is 98.4 cm³/mol. The van der Waals surface area contributed by atoms with Crippen LogP contribution in [0.3, 0.4) is 0 Å². The topological polar surface area (TPSA) is 57.8 Å². The quantitative estimate of drug-likeness (QED) is 0.659. The van der Waals surface area contributed by atoms with E-state index < -0.39 is 5.82 Å². The maximum atomic E-state index is 13.1. The van der Waals surface area contributed by atoms with Crippen molar-refractivity contribution in [1.29, 1.82) is 0 Å². The second-order valence-electron chi connectivity index (χ2n) is 5.96. The Morgan fingerprint density at radius 2 is 2.08 bits per heavy atom. The molecule has 1 amide bonds. The lowest BCUT2D eigenvalue weighted by molar-refractivity contribution is -0.116. The number of fused-ring (bicyclic) bond motifs is 1. The molecule has 0 spiro atoms. The first-order chi connectivity index (χ1) is 12.0. The minimum atomic E-state index is -0.505. The van der Waals surface area contributed by atoms with Gasteiger partial charge in [0, 0.05) is 18.5 Å². The highest BCUT2D eigenvalue weighted by molar-refractivity contribution is 6.31. The van der Waals surface area contributed by atoms with Gasteiger partial charge in [0.05, 0.1) is 16.1 Å². The summed E-state index contributed by atoms with van der Waals surface area (Å²) in [4.78, 5) is 19.9. The van der Waals surface area contributed by atoms with Crippen molar-refractivity contribution in [3.63, 3.8) is 0 Å². The van der Waals surface area contributed by atoms with Crippen LogP contribution < -0.4 is 5.32 Å². The van der Waals surface area contributed by atoms with E-state index in [-0.39, 0.29) is 10.9 Å².